The van der Waals surface area contributed by atoms with Crippen molar-refractivity contribution in [3.05, 3.63) is 12.3 Å². The van der Waals surface area contributed by atoms with E-state index < -0.39 is 0 Å². The molecule has 1 heterocycles. The van der Waals surface area contributed by atoms with Crippen molar-refractivity contribution in [2.24, 2.45) is 0 Å². The van der Waals surface area contributed by atoms with Gasteiger partial charge in [0.2, 0.25) is 0 Å². The molecule has 0 aliphatic heterocycles. The highest BCUT2D eigenvalue weighted by molar-refractivity contribution is 7.80. The largest absolute Gasteiger partial charge is 0.365 e. The summed E-state index contributed by atoms with van der Waals surface area (Å²) in [6, 6.07) is 1.68. The summed E-state index contributed by atoms with van der Waals surface area (Å²) in [4.78, 5) is 0. The second-order valence-electron chi connectivity index (χ2n) is 1.59. The minimum absolute atomic E-state index is 0.522. The molecule has 0 unspecified atom stereocenters. The van der Waals surface area contributed by atoms with E-state index in [2.05, 4.69) is 20.3 Å². The number of thiocarbonyl (C=S) groups is 1. The highest BCUT2D eigenvalue weighted by Gasteiger charge is 1.95. The maximum atomic E-state index is 4.80. The lowest BCUT2D eigenvalue weighted by Crippen LogP contribution is -2.24. The van der Waals surface area contributed by atoms with E-state index in [0.29, 0.717) is 10.9 Å². The van der Waals surface area contributed by atoms with Crippen LogP contribution >= 0.6 is 12.2 Å². The lowest BCUT2D eigenvalue weighted by Gasteiger charge is -2.00. The number of nitrogens with one attached hydrogen (secondary N) is 2. The van der Waals surface area contributed by atoms with E-state index in [4.69, 9.17) is 12.2 Å². The fraction of sp³-hybridized carbons (Fsp3) is 0.200. The second kappa shape index (κ2) is 3.17. The molecule has 0 amide bonds. The average molecular weight is 157 g/mol. The SMILES string of the molecule is CNC(=S)Nc1ccon1. The first-order valence-electron chi connectivity index (χ1n) is 2.72. The summed E-state index contributed by atoms with van der Waals surface area (Å²) >= 11 is 4.80. The van der Waals surface area contributed by atoms with Gasteiger partial charge < -0.3 is 15.2 Å². The molecule has 0 saturated heterocycles. The Morgan fingerprint density at radius 3 is 3.10 bits per heavy atom. The van der Waals surface area contributed by atoms with E-state index in [1.165, 1.54) is 6.26 Å². The van der Waals surface area contributed by atoms with Crippen molar-refractivity contribution in [3.8, 4) is 0 Å². The molecule has 1 aromatic heterocycles. The lowest BCUT2D eigenvalue weighted by atomic mass is 10.6. The molecule has 4 nitrogen and oxygen atoms in total. The summed E-state index contributed by atoms with van der Waals surface area (Å²) in [5.74, 6) is 0.611. The van der Waals surface area contributed by atoms with Crippen LogP contribution in [0.3, 0.4) is 0 Å². The monoisotopic (exact) mass is 157 g/mol. The summed E-state index contributed by atoms with van der Waals surface area (Å²) in [6.07, 6.45) is 1.47. The number of rotatable bonds is 1. The van der Waals surface area contributed by atoms with Gasteiger partial charge in [0.05, 0.1) is 0 Å². The zero-order valence-electron chi connectivity index (χ0n) is 5.42. The third kappa shape index (κ3) is 1.70. The maximum Gasteiger partial charge on any atom is 0.175 e. The van der Waals surface area contributed by atoms with Crippen molar-refractivity contribution in [1.29, 1.82) is 0 Å². The summed E-state index contributed by atoms with van der Waals surface area (Å²) in [5.41, 5.74) is 0. The van der Waals surface area contributed by atoms with Gasteiger partial charge in [-0.15, -0.1) is 0 Å². The molecule has 0 bridgehead atoms. The van der Waals surface area contributed by atoms with Crippen LogP contribution in [0.1, 0.15) is 0 Å². The summed E-state index contributed by atoms with van der Waals surface area (Å²) < 4.78 is 4.56. The maximum absolute atomic E-state index is 4.80. The molecule has 0 fully saturated rings. The zero-order chi connectivity index (χ0) is 7.40. The number of hydrogen-bond acceptors (Lipinski definition) is 3. The Morgan fingerprint density at radius 1 is 1.80 bits per heavy atom. The van der Waals surface area contributed by atoms with Gasteiger partial charge in [-0.2, -0.15) is 0 Å². The summed E-state index contributed by atoms with van der Waals surface area (Å²) in [6.45, 7) is 0. The molecule has 2 N–H and O–H groups in total. The van der Waals surface area contributed by atoms with Gasteiger partial charge >= 0.3 is 0 Å². The molecule has 0 spiro atoms. The third-order valence-corrected chi connectivity index (χ3v) is 1.21. The van der Waals surface area contributed by atoms with Gasteiger partial charge in [-0.25, -0.2) is 0 Å². The molecule has 0 aliphatic rings. The van der Waals surface area contributed by atoms with Crippen molar-refractivity contribution in [2.75, 3.05) is 12.4 Å². The fourth-order valence-corrected chi connectivity index (χ4v) is 0.560. The predicted octanol–water partition coefficient (Wildman–Crippen LogP) is 0.591. The zero-order valence-corrected chi connectivity index (χ0v) is 6.23. The van der Waals surface area contributed by atoms with Crippen molar-refractivity contribution < 1.29 is 4.52 Å². The Morgan fingerprint density at radius 2 is 2.60 bits per heavy atom. The molecule has 1 rings (SSSR count). The Balaban J connectivity index is 2.48. The molecular formula is C5H7N3OS. The lowest BCUT2D eigenvalue weighted by molar-refractivity contribution is 0.423. The molecule has 0 radical (unpaired) electrons. The number of hydrogen-bond donors (Lipinski definition) is 2. The molecule has 0 atom stereocenters. The van der Waals surface area contributed by atoms with E-state index in [1.54, 1.807) is 13.1 Å². The number of aromatic nitrogens is 1. The average Bonchev–Trinajstić information content (AvgIpc) is 2.40. The summed E-state index contributed by atoms with van der Waals surface area (Å²) in [7, 11) is 1.73. The molecule has 10 heavy (non-hydrogen) atoms. The minimum Gasteiger partial charge on any atom is -0.365 e. The van der Waals surface area contributed by atoms with Crippen molar-refractivity contribution >= 4 is 23.1 Å². The van der Waals surface area contributed by atoms with Gasteiger partial charge in [-0.1, -0.05) is 5.16 Å². The van der Waals surface area contributed by atoms with Crippen LogP contribution in [0.25, 0.3) is 0 Å². The van der Waals surface area contributed by atoms with Crippen LogP contribution in [-0.4, -0.2) is 17.3 Å². The van der Waals surface area contributed by atoms with Gasteiger partial charge in [-0.05, 0) is 12.2 Å². The van der Waals surface area contributed by atoms with E-state index in [0.717, 1.165) is 0 Å². The molecule has 5 heteroatoms. The first kappa shape index (κ1) is 7.01. The van der Waals surface area contributed by atoms with Crippen LogP contribution in [0.2, 0.25) is 0 Å². The van der Waals surface area contributed by atoms with Crippen molar-refractivity contribution in [3.63, 3.8) is 0 Å². The Bertz CT molecular complexity index is 209. The van der Waals surface area contributed by atoms with Crippen LogP contribution in [0, 0.1) is 0 Å². The predicted molar refractivity (Wildman–Crippen MR) is 41.8 cm³/mol. The van der Waals surface area contributed by atoms with Crippen LogP contribution in [-0.2, 0) is 0 Å². The van der Waals surface area contributed by atoms with Gasteiger partial charge in [0.15, 0.2) is 10.9 Å². The van der Waals surface area contributed by atoms with Crippen LogP contribution in [0.4, 0.5) is 5.82 Å². The van der Waals surface area contributed by atoms with Crippen LogP contribution in [0.5, 0.6) is 0 Å². The normalized spacial score (nSPS) is 8.90. The Labute approximate surface area is 63.6 Å². The second-order valence-corrected chi connectivity index (χ2v) is 2.00. The van der Waals surface area contributed by atoms with Gasteiger partial charge in [-0.3, -0.25) is 0 Å². The first-order chi connectivity index (χ1) is 4.83. The summed E-state index contributed by atoms with van der Waals surface area (Å²) in [5, 5.41) is 9.64. The Kier molecular flexibility index (Phi) is 2.22. The highest BCUT2D eigenvalue weighted by Crippen LogP contribution is 1.99. The van der Waals surface area contributed by atoms with Crippen molar-refractivity contribution in [2.45, 2.75) is 0 Å². The van der Waals surface area contributed by atoms with E-state index in [-0.39, 0.29) is 0 Å². The molecule has 0 aliphatic carbocycles. The Hall–Kier alpha value is -1.10. The van der Waals surface area contributed by atoms with E-state index >= 15 is 0 Å². The van der Waals surface area contributed by atoms with E-state index in [9.17, 15) is 0 Å². The first-order valence-corrected chi connectivity index (χ1v) is 3.13. The molecule has 1 aromatic rings. The van der Waals surface area contributed by atoms with Crippen LogP contribution < -0.4 is 10.6 Å². The van der Waals surface area contributed by atoms with Gasteiger partial charge in [0.1, 0.15) is 6.26 Å². The third-order valence-electron chi connectivity index (χ3n) is 0.906. The standard InChI is InChI=1S/C5H7N3OS/c1-6-5(10)7-4-2-3-9-8-4/h2-3H,1H3,(H2,6,7,8,10). The molecular weight excluding hydrogens is 150 g/mol. The highest BCUT2D eigenvalue weighted by atomic mass is 32.1. The van der Waals surface area contributed by atoms with Gasteiger partial charge in [0, 0.05) is 13.1 Å². The van der Waals surface area contributed by atoms with E-state index in [1.807, 2.05) is 0 Å². The molecule has 0 saturated carbocycles. The molecule has 0 aromatic carbocycles. The van der Waals surface area contributed by atoms with Crippen LogP contribution in [0.15, 0.2) is 16.9 Å². The van der Waals surface area contributed by atoms with Crippen molar-refractivity contribution in [1.82, 2.24) is 10.5 Å². The molecule has 54 valence electrons. The topological polar surface area (TPSA) is 50.1 Å². The fourth-order valence-electron chi connectivity index (χ4n) is 0.456. The quantitative estimate of drug-likeness (QED) is 0.584. The smallest absolute Gasteiger partial charge is 0.175 e. The number of nitrogens with zero attached hydrogens (tertiary/aromatic N) is 1. The minimum atomic E-state index is 0.522. The van der Waals surface area contributed by atoms with Gasteiger partial charge in [0.25, 0.3) is 0 Å². The number of anilines is 1.